The number of rotatable bonds is 7. The Bertz CT molecular complexity index is 166. The van der Waals surface area contributed by atoms with Gasteiger partial charge in [-0.15, -0.1) is 0 Å². The lowest BCUT2D eigenvalue weighted by atomic mass is 10.5. The van der Waals surface area contributed by atoms with Crippen LogP contribution in [-0.2, 0) is 13.6 Å². The van der Waals surface area contributed by atoms with Crippen molar-refractivity contribution in [3.05, 3.63) is 0 Å². The van der Waals surface area contributed by atoms with E-state index in [4.69, 9.17) is 9.05 Å². The van der Waals surface area contributed by atoms with Gasteiger partial charge >= 0.3 is 7.60 Å². The van der Waals surface area contributed by atoms with Crippen molar-refractivity contribution in [1.82, 2.24) is 0 Å². The minimum atomic E-state index is -3.51. The zero-order valence-corrected chi connectivity index (χ0v) is 8.80. The largest absolute Gasteiger partial charge is 0.380 e. The summed E-state index contributed by atoms with van der Waals surface area (Å²) in [6, 6.07) is 0. The molecule has 0 aliphatic carbocycles. The normalized spacial score (nSPS) is 14.5. The van der Waals surface area contributed by atoms with E-state index in [1.54, 1.807) is 13.8 Å². The maximum atomic E-state index is 11.9. The number of hydrogen-bond acceptors (Lipinski definition) is 4. The fraction of sp³-hybridized carbons (Fsp3) is 1.00. The molecule has 0 aliphatic rings. The second-order valence-electron chi connectivity index (χ2n) is 2.33. The van der Waals surface area contributed by atoms with E-state index in [-0.39, 0.29) is 19.6 Å². The molecule has 0 fully saturated rings. The van der Waals surface area contributed by atoms with Gasteiger partial charge in [0.15, 0.2) is 5.85 Å². The number of aliphatic hydroxyl groups excluding tert-OH is 1. The quantitative estimate of drug-likeness (QED) is 0.658. The third kappa shape index (κ3) is 4.18. The molecule has 0 rings (SSSR count). The molecule has 0 aromatic carbocycles. The van der Waals surface area contributed by atoms with Crippen molar-refractivity contribution in [3.63, 3.8) is 0 Å². The van der Waals surface area contributed by atoms with Gasteiger partial charge in [0, 0.05) is 6.42 Å². The molecule has 0 aliphatic heterocycles. The molecule has 0 saturated carbocycles. The van der Waals surface area contributed by atoms with Gasteiger partial charge in [0.2, 0.25) is 0 Å². The average Bonchev–Trinajstić information content (AvgIpc) is 2.05. The summed E-state index contributed by atoms with van der Waals surface area (Å²) in [6.45, 7) is 2.86. The lowest BCUT2D eigenvalue weighted by Crippen LogP contribution is -2.13. The molecule has 0 radical (unpaired) electrons. The summed E-state index contributed by atoms with van der Waals surface area (Å²) >= 11 is 0. The first-order chi connectivity index (χ1) is 6.10. The van der Waals surface area contributed by atoms with Crippen LogP contribution in [0.15, 0.2) is 0 Å². The maximum Gasteiger partial charge on any atom is 0.358 e. The summed E-state index contributed by atoms with van der Waals surface area (Å²) in [4.78, 5) is 0. The molecule has 0 spiro atoms. The van der Waals surface area contributed by atoms with Crippen LogP contribution in [0.1, 0.15) is 20.3 Å². The number of halogens is 1. The topological polar surface area (TPSA) is 55.8 Å². The molecular weight excluding hydrogens is 198 g/mol. The Hall–Kier alpha value is 0.0400. The summed E-state index contributed by atoms with van der Waals surface area (Å²) < 4.78 is 33.1. The summed E-state index contributed by atoms with van der Waals surface area (Å²) in [5, 5.41) is 9.28. The van der Waals surface area contributed by atoms with Gasteiger partial charge in [0.1, 0.15) is 0 Å². The van der Waals surface area contributed by atoms with Crippen LogP contribution in [0.25, 0.3) is 0 Å². The van der Waals surface area contributed by atoms with Gasteiger partial charge in [0.05, 0.1) is 19.9 Å². The van der Waals surface area contributed by atoms with E-state index in [1.807, 2.05) is 0 Å². The maximum absolute atomic E-state index is 11.9. The van der Waals surface area contributed by atoms with E-state index in [0.717, 1.165) is 0 Å². The molecular formula is C7H16FO4P. The molecule has 80 valence electrons. The molecule has 0 aromatic rings. The molecule has 0 aromatic heterocycles. The summed E-state index contributed by atoms with van der Waals surface area (Å²) in [7, 11) is -3.51. The van der Waals surface area contributed by atoms with Crippen molar-refractivity contribution in [3.8, 4) is 0 Å². The Morgan fingerprint density at radius 3 is 2.15 bits per heavy atom. The first kappa shape index (κ1) is 13.0. The van der Waals surface area contributed by atoms with E-state index >= 15 is 0 Å². The summed E-state index contributed by atoms with van der Waals surface area (Å²) in [6.07, 6.45) is -0.225. The molecule has 0 saturated heterocycles. The highest BCUT2D eigenvalue weighted by Gasteiger charge is 2.33. The Morgan fingerprint density at radius 1 is 1.38 bits per heavy atom. The Labute approximate surface area is 77.6 Å². The van der Waals surface area contributed by atoms with Crippen molar-refractivity contribution in [2.75, 3.05) is 19.9 Å². The van der Waals surface area contributed by atoms with Gasteiger partial charge in [-0.25, -0.2) is 0 Å². The fourth-order valence-electron chi connectivity index (χ4n) is 0.825. The van der Waals surface area contributed by atoms with Gasteiger partial charge in [-0.1, -0.05) is 0 Å². The van der Waals surface area contributed by atoms with Crippen LogP contribution in [0, 0.1) is 0 Å². The zero-order chi connectivity index (χ0) is 10.3. The van der Waals surface area contributed by atoms with Crippen molar-refractivity contribution in [1.29, 1.82) is 0 Å². The molecule has 13 heavy (non-hydrogen) atoms. The first-order valence-corrected chi connectivity index (χ1v) is 5.84. The molecule has 4 nitrogen and oxygen atoms in total. The highest BCUT2D eigenvalue weighted by molar-refractivity contribution is 7.54. The number of alkyl halides is 1. The van der Waals surface area contributed by atoms with Crippen LogP contribution in [0.5, 0.6) is 0 Å². The lowest BCUT2D eigenvalue weighted by molar-refractivity contribution is 0.139. The van der Waals surface area contributed by atoms with Gasteiger partial charge in [0.25, 0.3) is 0 Å². The minimum absolute atomic E-state index is 0.167. The van der Waals surface area contributed by atoms with E-state index in [2.05, 4.69) is 0 Å². The molecule has 0 bridgehead atoms. The predicted molar refractivity (Wildman–Crippen MR) is 47.5 cm³/mol. The van der Waals surface area contributed by atoms with Gasteiger partial charge in [-0.3, -0.25) is 8.96 Å². The third-order valence-electron chi connectivity index (χ3n) is 1.35. The number of hydrogen-bond donors (Lipinski definition) is 1. The molecule has 1 N–H and O–H groups in total. The predicted octanol–water partition coefficient (Wildman–Crippen LogP) is 1.93. The molecule has 0 amide bonds. The van der Waals surface area contributed by atoms with Crippen LogP contribution in [-0.4, -0.2) is 30.8 Å². The smallest absolute Gasteiger partial charge is 0.358 e. The Kier molecular flexibility index (Phi) is 6.51. The van der Waals surface area contributed by atoms with Crippen molar-refractivity contribution in [2.24, 2.45) is 0 Å². The van der Waals surface area contributed by atoms with E-state index in [9.17, 15) is 14.1 Å². The second-order valence-corrected chi connectivity index (χ2v) is 4.53. The monoisotopic (exact) mass is 214 g/mol. The zero-order valence-electron chi connectivity index (χ0n) is 7.90. The van der Waals surface area contributed by atoms with E-state index < -0.39 is 20.1 Å². The first-order valence-electron chi connectivity index (χ1n) is 4.23. The van der Waals surface area contributed by atoms with Gasteiger partial charge in [-0.2, -0.15) is 0 Å². The van der Waals surface area contributed by atoms with Gasteiger partial charge in [-0.05, 0) is 13.8 Å². The Balaban J connectivity index is 4.28. The van der Waals surface area contributed by atoms with Crippen LogP contribution >= 0.6 is 7.60 Å². The number of aliphatic hydroxyl groups is 1. The highest BCUT2D eigenvalue weighted by Crippen LogP contribution is 2.52. The van der Waals surface area contributed by atoms with Crippen LogP contribution < -0.4 is 0 Å². The van der Waals surface area contributed by atoms with Crippen molar-refractivity contribution in [2.45, 2.75) is 26.1 Å². The third-order valence-corrected chi connectivity index (χ3v) is 3.57. The molecule has 1 atom stereocenters. The van der Waals surface area contributed by atoms with E-state index in [0.29, 0.717) is 0 Å². The van der Waals surface area contributed by atoms with E-state index in [1.165, 1.54) is 0 Å². The Morgan fingerprint density at radius 2 is 1.85 bits per heavy atom. The molecule has 0 unspecified atom stereocenters. The lowest BCUT2D eigenvalue weighted by Gasteiger charge is -2.21. The fourth-order valence-corrected chi connectivity index (χ4v) is 2.38. The highest BCUT2D eigenvalue weighted by atomic mass is 31.2. The van der Waals surface area contributed by atoms with Crippen molar-refractivity contribution < 1.29 is 23.1 Å². The average molecular weight is 214 g/mol. The minimum Gasteiger partial charge on any atom is -0.380 e. The van der Waals surface area contributed by atoms with Crippen LogP contribution in [0.2, 0.25) is 0 Å². The van der Waals surface area contributed by atoms with Gasteiger partial charge < -0.3 is 14.2 Å². The summed E-state index contributed by atoms with van der Waals surface area (Å²) in [5.74, 6) is -1.36. The summed E-state index contributed by atoms with van der Waals surface area (Å²) in [5.41, 5.74) is 0. The van der Waals surface area contributed by atoms with Crippen molar-refractivity contribution >= 4 is 7.60 Å². The van der Waals surface area contributed by atoms with Crippen LogP contribution in [0.4, 0.5) is 4.39 Å². The molecule has 0 heterocycles. The molecule has 6 heteroatoms. The standard InChI is InChI=1S/C7H16FO4P/c1-3-11-13(10,12-4-2)7(9)5-6-8/h7,9H,3-6H2,1-2H3/t7-/m1/s1. The second kappa shape index (κ2) is 6.49. The SMILES string of the molecule is CCOP(=O)(OCC)[C@@H](O)CCF. The van der Waals surface area contributed by atoms with Crippen LogP contribution in [0.3, 0.4) is 0 Å².